The summed E-state index contributed by atoms with van der Waals surface area (Å²) in [6.45, 7) is 1.18. The summed E-state index contributed by atoms with van der Waals surface area (Å²) in [5.41, 5.74) is 2.24. The van der Waals surface area contributed by atoms with E-state index in [9.17, 15) is 19.7 Å². The van der Waals surface area contributed by atoms with E-state index < -0.39 is 16.9 Å². The third-order valence-corrected chi connectivity index (χ3v) is 5.43. The molecule has 0 bridgehead atoms. The molecule has 150 valence electrons. The first-order valence-corrected chi connectivity index (χ1v) is 9.63. The van der Waals surface area contributed by atoms with Crippen molar-refractivity contribution in [3.05, 3.63) is 62.7 Å². The summed E-state index contributed by atoms with van der Waals surface area (Å²) < 4.78 is 5.51. The van der Waals surface area contributed by atoms with Gasteiger partial charge in [0.1, 0.15) is 6.10 Å². The number of nitrogens with one attached hydrogen (secondary N) is 1. The van der Waals surface area contributed by atoms with Crippen LogP contribution in [0.15, 0.2) is 36.4 Å². The standard InChI is InChI=1S/C20H18ClN3O5/c21-16-11-14(24(27)28)5-6-15(16)19(25)22-13-4-3-12-7-8-23(17(12)10-13)20(26)18-2-1-9-29-18/h3-6,10-11,18H,1-2,7-9H2,(H,22,25). The molecular weight excluding hydrogens is 398 g/mol. The molecule has 1 fully saturated rings. The summed E-state index contributed by atoms with van der Waals surface area (Å²) in [5, 5.41) is 13.6. The second kappa shape index (κ2) is 7.81. The van der Waals surface area contributed by atoms with Crippen molar-refractivity contribution in [2.24, 2.45) is 0 Å². The number of halogens is 1. The van der Waals surface area contributed by atoms with Crippen LogP contribution in [0.2, 0.25) is 5.02 Å². The van der Waals surface area contributed by atoms with Crippen LogP contribution in [0.3, 0.4) is 0 Å². The maximum Gasteiger partial charge on any atom is 0.270 e. The summed E-state index contributed by atoms with van der Waals surface area (Å²) >= 11 is 6.03. The Morgan fingerprint density at radius 2 is 2.07 bits per heavy atom. The molecule has 2 heterocycles. The van der Waals surface area contributed by atoms with Crippen molar-refractivity contribution in [3.63, 3.8) is 0 Å². The van der Waals surface area contributed by atoms with Crippen molar-refractivity contribution in [2.45, 2.75) is 25.4 Å². The van der Waals surface area contributed by atoms with Crippen molar-refractivity contribution in [1.82, 2.24) is 0 Å². The molecule has 4 rings (SSSR count). The first kappa shape index (κ1) is 19.4. The summed E-state index contributed by atoms with van der Waals surface area (Å²) in [5.74, 6) is -0.539. The zero-order valence-corrected chi connectivity index (χ0v) is 16.1. The maximum absolute atomic E-state index is 12.7. The van der Waals surface area contributed by atoms with Gasteiger partial charge in [-0.3, -0.25) is 19.7 Å². The second-order valence-corrected chi connectivity index (χ2v) is 7.37. The van der Waals surface area contributed by atoms with Gasteiger partial charge in [0.2, 0.25) is 0 Å². The van der Waals surface area contributed by atoms with E-state index in [0.29, 0.717) is 18.8 Å². The van der Waals surface area contributed by atoms with Crippen molar-refractivity contribution in [1.29, 1.82) is 0 Å². The van der Waals surface area contributed by atoms with E-state index in [2.05, 4.69) is 5.32 Å². The van der Waals surface area contributed by atoms with E-state index in [0.717, 1.165) is 36.6 Å². The Morgan fingerprint density at radius 1 is 1.24 bits per heavy atom. The number of rotatable bonds is 4. The number of benzene rings is 2. The third kappa shape index (κ3) is 3.81. The first-order valence-electron chi connectivity index (χ1n) is 9.25. The largest absolute Gasteiger partial charge is 0.368 e. The van der Waals surface area contributed by atoms with Crippen LogP contribution in [0.4, 0.5) is 17.1 Å². The molecule has 29 heavy (non-hydrogen) atoms. The Morgan fingerprint density at radius 3 is 2.76 bits per heavy atom. The van der Waals surface area contributed by atoms with Gasteiger partial charge in [0.05, 0.1) is 15.5 Å². The zero-order valence-electron chi connectivity index (χ0n) is 15.4. The lowest BCUT2D eigenvalue weighted by Crippen LogP contribution is -2.37. The van der Waals surface area contributed by atoms with Crippen LogP contribution in [0.5, 0.6) is 0 Å². The second-order valence-electron chi connectivity index (χ2n) is 6.96. The number of fused-ring (bicyclic) bond motifs is 1. The van der Waals surface area contributed by atoms with Crippen LogP contribution in [0.1, 0.15) is 28.8 Å². The molecule has 8 nitrogen and oxygen atoms in total. The van der Waals surface area contributed by atoms with Crippen LogP contribution < -0.4 is 10.2 Å². The normalized spacial score (nSPS) is 17.8. The van der Waals surface area contributed by atoms with E-state index in [1.807, 2.05) is 6.07 Å². The molecule has 2 aliphatic rings. The summed E-state index contributed by atoms with van der Waals surface area (Å²) in [7, 11) is 0. The number of nitrogens with zero attached hydrogens (tertiary/aromatic N) is 2. The number of ether oxygens (including phenoxy) is 1. The number of anilines is 2. The number of nitro benzene ring substituents is 1. The number of hydrogen-bond acceptors (Lipinski definition) is 5. The molecule has 2 amide bonds. The highest BCUT2D eigenvalue weighted by molar-refractivity contribution is 6.34. The van der Waals surface area contributed by atoms with Crippen LogP contribution in [0, 0.1) is 10.1 Å². The molecule has 0 spiro atoms. The van der Waals surface area contributed by atoms with Gasteiger partial charge in [0.25, 0.3) is 17.5 Å². The Labute approximate surface area is 171 Å². The smallest absolute Gasteiger partial charge is 0.270 e. The highest BCUT2D eigenvalue weighted by Crippen LogP contribution is 2.33. The molecule has 1 N–H and O–H groups in total. The Kier molecular flexibility index (Phi) is 5.21. The Hall–Kier alpha value is -2.97. The van der Waals surface area contributed by atoms with Crippen molar-refractivity contribution in [3.8, 4) is 0 Å². The lowest BCUT2D eigenvalue weighted by atomic mass is 10.1. The molecule has 0 radical (unpaired) electrons. The number of carbonyl (C=O) groups excluding carboxylic acids is 2. The average Bonchev–Trinajstić information content (AvgIpc) is 3.37. The fourth-order valence-corrected chi connectivity index (χ4v) is 3.89. The number of carbonyl (C=O) groups is 2. The number of non-ortho nitro benzene ring substituents is 1. The van der Waals surface area contributed by atoms with E-state index in [4.69, 9.17) is 16.3 Å². The fourth-order valence-electron chi connectivity index (χ4n) is 3.63. The van der Waals surface area contributed by atoms with Gasteiger partial charge in [-0.1, -0.05) is 17.7 Å². The summed E-state index contributed by atoms with van der Waals surface area (Å²) in [6.07, 6.45) is 1.94. The molecule has 2 aromatic carbocycles. The SMILES string of the molecule is O=C(Nc1ccc2c(c1)N(C(=O)C1CCCO1)CC2)c1ccc([N+](=O)[O-])cc1Cl. The minimum atomic E-state index is -0.576. The van der Waals surface area contributed by atoms with Crippen molar-refractivity contribution < 1.29 is 19.2 Å². The topological polar surface area (TPSA) is 102 Å². The molecule has 2 aromatic rings. The first-order chi connectivity index (χ1) is 13.9. The Bertz CT molecular complexity index is 1000. The van der Waals surface area contributed by atoms with E-state index in [-0.39, 0.29) is 22.2 Å². The maximum atomic E-state index is 12.7. The zero-order chi connectivity index (χ0) is 20.5. The predicted octanol–water partition coefficient (Wildman–Crippen LogP) is 3.57. The molecular formula is C20H18ClN3O5. The number of hydrogen-bond donors (Lipinski definition) is 1. The highest BCUT2D eigenvalue weighted by Gasteiger charge is 2.32. The lowest BCUT2D eigenvalue weighted by Gasteiger charge is -2.21. The minimum absolute atomic E-state index is 0.00644. The van der Waals surface area contributed by atoms with Gasteiger partial charge in [-0.2, -0.15) is 0 Å². The summed E-state index contributed by atoms with van der Waals surface area (Å²) in [6, 6.07) is 9.08. The van der Waals surface area contributed by atoms with Gasteiger partial charge >= 0.3 is 0 Å². The highest BCUT2D eigenvalue weighted by atomic mass is 35.5. The molecule has 1 saturated heterocycles. The average molecular weight is 416 g/mol. The Balaban J connectivity index is 1.53. The van der Waals surface area contributed by atoms with Crippen molar-refractivity contribution >= 4 is 40.5 Å². The quantitative estimate of drug-likeness (QED) is 0.607. The van der Waals surface area contributed by atoms with Crippen LogP contribution in [-0.2, 0) is 16.0 Å². The van der Waals surface area contributed by atoms with Gasteiger partial charge in [-0.15, -0.1) is 0 Å². The number of amides is 2. The monoisotopic (exact) mass is 415 g/mol. The van der Waals surface area contributed by atoms with Gasteiger partial charge in [-0.25, -0.2) is 0 Å². The third-order valence-electron chi connectivity index (χ3n) is 5.12. The molecule has 9 heteroatoms. The van der Waals surface area contributed by atoms with Crippen LogP contribution >= 0.6 is 11.6 Å². The van der Waals surface area contributed by atoms with Gasteiger partial charge < -0.3 is 15.0 Å². The van der Waals surface area contributed by atoms with Gasteiger partial charge in [-0.05, 0) is 43.0 Å². The van der Waals surface area contributed by atoms with Crippen molar-refractivity contribution in [2.75, 3.05) is 23.4 Å². The van der Waals surface area contributed by atoms with E-state index >= 15 is 0 Å². The molecule has 1 atom stereocenters. The van der Waals surface area contributed by atoms with Gasteiger partial charge in [0.15, 0.2) is 0 Å². The minimum Gasteiger partial charge on any atom is -0.368 e. The lowest BCUT2D eigenvalue weighted by molar-refractivity contribution is -0.384. The van der Waals surface area contributed by atoms with Gasteiger partial charge in [0, 0.05) is 36.7 Å². The van der Waals surface area contributed by atoms with Crippen LogP contribution in [0.25, 0.3) is 0 Å². The molecule has 0 saturated carbocycles. The molecule has 0 aliphatic carbocycles. The van der Waals surface area contributed by atoms with E-state index in [1.165, 1.54) is 12.1 Å². The van der Waals surface area contributed by atoms with E-state index in [1.54, 1.807) is 17.0 Å². The molecule has 0 aromatic heterocycles. The molecule has 2 aliphatic heterocycles. The van der Waals surface area contributed by atoms with Crippen LogP contribution in [-0.4, -0.2) is 36.0 Å². The fraction of sp³-hybridized carbons (Fsp3) is 0.300. The predicted molar refractivity (Wildman–Crippen MR) is 108 cm³/mol. The molecule has 1 unspecified atom stereocenters. The summed E-state index contributed by atoms with van der Waals surface area (Å²) in [4.78, 5) is 37.3. The number of nitro groups is 1.